The number of rotatable bonds is 10. The van der Waals surface area contributed by atoms with E-state index in [9.17, 15) is 35.9 Å². The maximum atomic E-state index is 14.9. The highest BCUT2D eigenvalue weighted by atomic mass is 35.5. The second-order valence-corrected chi connectivity index (χ2v) is 14.4. The molecule has 1 fully saturated rings. The van der Waals surface area contributed by atoms with E-state index in [-0.39, 0.29) is 35.1 Å². The van der Waals surface area contributed by atoms with Gasteiger partial charge in [-0.25, -0.2) is 41.7 Å². The molecule has 2 aromatic heterocycles. The number of nitrogens with two attached hydrogens (primary N) is 1. The highest BCUT2D eigenvalue weighted by Crippen LogP contribution is 2.46. The number of amides is 2. The molecular weight excluding hydrogens is 720 g/mol. The first-order valence-corrected chi connectivity index (χ1v) is 16.4. The Bertz CT molecular complexity index is 1950. The summed E-state index contributed by atoms with van der Waals surface area (Å²) in [5, 5.41) is 7.57. The quantitative estimate of drug-likeness (QED) is 0.231. The van der Waals surface area contributed by atoms with Crippen molar-refractivity contribution in [1.82, 2.24) is 34.3 Å². The number of hydrogen-bond acceptors (Lipinski definition) is 8. The molecule has 2 amide bonds. The number of guanidine groups is 1. The van der Waals surface area contributed by atoms with Gasteiger partial charge in [-0.3, -0.25) is 14.6 Å². The molecule has 0 spiro atoms. The van der Waals surface area contributed by atoms with Crippen LogP contribution in [0.1, 0.15) is 69.6 Å². The van der Waals surface area contributed by atoms with Crippen molar-refractivity contribution in [3.8, 4) is 5.69 Å². The first-order chi connectivity index (χ1) is 24.4. The van der Waals surface area contributed by atoms with Crippen molar-refractivity contribution in [1.29, 1.82) is 0 Å². The first-order valence-electron chi connectivity index (χ1n) is 16.1. The maximum absolute atomic E-state index is 14.9. The fourth-order valence-electron chi connectivity index (χ4n) is 6.69. The monoisotopic (exact) mass is 753 g/mol. The average Bonchev–Trinajstić information content (AvgIpc) is 3.80. The summed E-state index contributed by atoms with van der Waals surface area (Å²) < 4.78 is 87.9. The number of alkyl halides is 6. The third-order valence-corrected chi connectivity index (χ3v) is 9.25. The summed E-state index contributed by atoms with van der Waals surface area (Å²) in [5.74, 6) is -5.16. The molecule has 278 valence electrons. The Morgan fingerprint density at radius 1 is 1.15 bits per heavy atom. The van der Waals surface area contributed by atoms with E-state index in [0.29, 0.717) is 15.8 Å². The van der Waals surface area contributed by atoms with Crippen LogP contribution in [0.15, 0.2) is 60.1 Å². The first kappa shape index (κ1) is 36.9. The van der Waals surface area contributed by atoms with E-state index in [1.54, 1.807) is 18.2 Å². The molecule has 4 heterocycles. The Morgan fingerprint density at radius 3 is 2.48 bits per heavy atom. The van der Waals surface area contributed by atoms with E-state index < -0.39 is 79.3 Å². The number of halogens is 7. The van der Waals surface area contributed by atoms with Gasteiger partial charge in [-0.15, -0.1) is 0 Å². The zero-order valence-electron chi connectivity index (χ0n) is 28.1. The second-order valence-electron chi connectivity index (χ2n) is 14.0. The molecule has 2 aliphatic heterocycles. The number of carbonyl (C=O) groups is 2. The summed E-state index contributed by atoms with van der Waals surface area (Å²) >= 11 is 6.42. The van der Waals surface area contributed by atoms with Crippen LogP contribution in [0.3, 0.4) is 0 Å². The van der Waals surface area contributed by atoms with Crippen molar-refractivity contribution in [3.05, 3.63) is 77.1 Å². The molecule has 0 bridgehead atoms. The molecule has 1 aliphatic carbocycles. The van der Waals surface area contributed by atoms with Crippen molar-refractivity contribution in [2.45, 2.75) is 64.1 Å². The number of carbonyl (C=O) groups excluding carboxylic acids is 2. The van der Waals surface area contributed by atoms with E-state index >= 15 is 0 Å². The van der Waals surface area contributed by atoms with Crippen LogP contribution in [0, 0.1) is 11.3 Å². The summed E-state index contributed by atoms with van der Waals surface area (Å²) in [5.41, 5.74) is 5.80. The molecule has 19 heteroatoms. The smallest absolute Gasteiger partial charge is 0.410 e. The van der Waals surface area contributed by atoms with Gasteiger partial charge in [-0.2, -0.15) is 19.0 Å². The van der Waals surface area contributed by atoms with Crippen LogP contribution in [-0.4, -0.2) is 83.5 Å². The van der Waals surface area contributed by atoms with E-state index in [4.69, 9.17) is 27.1 Å². The normalized spacial score (nSPS) is 22.2. The highest BCUT2D eigenvalue weighted by molar-refractivity contribution is 6.32. The standard InChI is InChI=1S/C33H34ClF6N9O3/c1-31(2,3)14-33(21-7-4-18(5-8-21)20-11-43-47(12-20)28(37)38)27(50)48(29(41)45-33)24(13-52-30(51)46-15-32(39,40)16-46)19-6-9-22(34)23(10-19)49-26(25(35)36)42-17-44-49/h4-7,9-12,17,21,24-25,28H,8,13-16H2,1-3H3,(H2,41,45)/t21?,24-,33-/m1/s1. The van der Waals surface area contributed by atoms with Gasteiger partial charge in [0.1, 0.15) is 12.9 Å². The number of ether oxygens (including phenoxy) is 1. The van der Waals surface area contributed by atoms with Gasteiger partial charge >= 0.3 is 12.6 Å². The summed E-state index contributed by atoms with van der Waals surface area (Å²) in [6.07, 6.45) is 5.05. The lowest BCUT2D eigenvalue weighted by molar-refractivity contribution is -0.136. The summed E-state index contributed by atoms with van der Waals surface area (Å²) in [7, 11) is 0. The molecular formula is C33H34ClF6N9O3. The van der Waals surface area contributed by atoms with Crippen molar-refractivity contribution in [3.63, 3.8) is 0 Å². The van der Waals surface area contributed by atoms with Gasteiger partial charge in [-0.1, -0.05) is 56.7 Å². The predicted octanol–water partition coefficient (Wildman–Crippen LogP) is 6.57. The van der Waals surface area contributed by atoms with Crippen LogP contribution in [-0.2, 0) is 9.53 Å². The molecule has 0 radical (unpaired) electrons. The molecule has 3 aliphatic rings. The molecule has 52 heavy (non-hydrogen) atoms. The molecule has 1 saturated heterocycles. The molecule has 1 unspecified atom stereocenters. The number of aliphatic imine (C=N–C) groups is 1. The van der Waals surface area contributed by atoms with Crippen LogP contribution in [0.5, 0.6) is 0 Å². The number of aromatic nitrogens is 5. The molecule has 0 saturated carbocycles. The van der Waals surface area contributed by atoms with Crippen molar-refractivity contribution in [2.24, 2.45) is 22.1 Å². The molecule has 12 nitrogen and oxygen atoms in total. The van der Waals surface area contributed by atoms with Crippen LogP contribution < -0.4 is 5.73 Å². The van der Waals surface area contributed by atoms with Gasteiger partial charge in [0.15, 0.2) is 17.3 Å². The molecule has 6 rings (SSSR count). The predicted molar refractivity (Wildman–Crippen MR) is 176 cm³/mol. The van der Waals surface area contributed by atoms with E-state index in [1.807, 2.05) is 20.8 Å². The van der Waals surface area contributed by atoms with E-state index in [1.165, 1.54) is 30.6 Å². The van der Waals surface area contributed by atoms with Crippen LogP contribution in [0.25, 0.3) is 11.3 Å². The minimum Gasteiger partial charge on any atom is -0.447 e. The Labute approximate surface area is 298 Å². The van der Waals surface area contributed by atoms with Gasteiger partial charge < -0.3 is 10.5 Å². The number of nitrogens with zero attached hydrogens (tertiary/aromatic N) is 8. The largest absolute Gasteiger partial charge is 0.447 e. The molecule has 2 N–H and O–H groups in total. The van der Waals surface area contributed by atoms with Gasteiger partial charge in [0.2, 0.25) is 0 Å². The highest BCUT2D eigenvalue weighted by Gasteiger charge is 2.56. The van der Waals surface area contributed by atoms with E-state index in [0.717, 1.165) is 20.8 Å². The maximum Gasteiger partial charge on any atom is 0.410 e. The molecule has 3 atom stereocenters. The second kappa shape index (κ2) is 13.6. The minimum absolute atomic E-state index is 0.000185. The van der Waals surface area contributed by atoms with Crippen molar-refractivity contribution in [2.75, 3.05) is 19.7 Å². The third kappa shape index (κ3) is 7.12. The van der Waals surface area contributed by atoms with Gasteiger partial charge in [0, 0.05) is 17.7 Å². The van der Waals surface area contributed by atoms with Gasteiger partial charge in [0.05, 0.1) is 36.0 Å². The molecule has 3 aromatic rings. The Morgan fingerprint density at radius 2 is 1.88 bits per heavy atom. The zero-order chi connectivity index (χ0) is 37.7. The van der Waals surface area contributed by atoms with Gasteiger partial charge in [-0.05, 0) is 41.5 Å². The Kier molecular flexibility index (Phi) is 9.65. The van der Waals surface area contributed by atoms with Crippen molar-refractivity contribution < 1.29 is 40.7 Å². The zero-order valence-corrected chi connectivity index (χ0v) is 28.8. The third-order valence-electron chi connectivity index (χ3n) is 8.93. The number of hydrogen-bond donors (Lipinski definition) is 1. The number of likely N-dealkylation sites (tertiary alicyclic amines) is 1. The lowest BCUT2D eigenvalue weighted by Crippen LogP contribution is -2.58. The SMILES string of the molecule is CC(C)(C)C[C@]1(C2C=CC(c3cnn(C(F)F)c3)=CC2)N=C(N)N([C@H](COC(=O)N2CC(F)(F)C2)c2ccc(Cl)c(-n3ncnc3C(F)F)c2)C1=O. The van der Waals surface area contributed by atoms with Crippen LogP contribution >= 0.6 is 11.6 Å². The number of allylic oxidation sites excluding steroid dienone is 3. The summed E-state index contributed by atoms with van der Waals surface area (Å²) in [4.78, 5) is 38.0. The summed E-state index contributed by atoms with van der Waals surface area (Å²) in [6.45, 7) is 0.630. The minimum atomic E-state index is -3.07. The molecule has 1 aromatic carbocycles. The van der Waals surface area contributed by atoms with E-state index in [2.05, 4.69) is 15.2 Å². The average molecular weight is 754 g/mol. The summed E-state index contributed by atoms with van der Waals surface area (Å²) in [6, 6.07) is 2.97. The van der Waals surface area contributed by atoms with Crippen LogP contribution in [0.2, 0.25) is 5.02 Å². The van der Waals surface area contributed by atoms with Crippen molar-refractivity contribution >= 4 is 35.1 Å². The fourth-order valence-corrected chi connectivity index (χ4v) is 6.88. The Hall–Kier alpha value is -4.87. The fraction of sp³-hybridized carbons (Fsp3) is 0.455. The lowest BCUT2D eigenvalue weighted by atomic mass is 9.70. The van der Waals surface area contributed by atoms with Crippen LogP contribution in [0.4, 0.5) is 31.1 Å². The van der Waals surface area contributed by atoms with Gasteiger partial charge in [0.25, 0.3) is 18.3 Å². The topological polar surface area (TPSA) is 137 Å². The Balaban J connectivity index is 1.37. The lowest BCUT2D eigenvalue weighted by Gasteiger charge is -2.39. The number of benzene rings is 1.